The SMILES string of the molecule is Cc1ccc(OC2CCC(NC(C)C)(C(N)=O)C2)cc1. The fraction of sp³-hybridized carbons (Fsp3) is 0.562. The first kappa shape index (κ1) is 14.9. The van der Waals surface area contributed by atoms with E-state index in [1.807, 2.05) is 45.0 Å². The molecule has 110 valence electrons. The summed E-state index contributed by atoms with van der Waals surface area (Å²) >= 11 is 0. The topological polar surface area (TPSA) is 64.3 Å². The molecule has 1 aliphatic carbocycles. The van der Waals surface area contributed by atoms with E-state index >= 15 is 0 Å². The molecule has 0 spiro atoms. The van der Waals surface area contributed by atoms with Gasteiger partial charge < -0.3 is 15.8 Å². The van der Waals surface area contributed by atoms with Gasteiger partial charge in [0.25, 0.3) is 0 Å². The summed E-state index contributed by atoms with van der Waals surface area (Å²) in [5.41, 5.74) is 6.18. The molecule has 1 amide bonds. The Morgan fingerprint density at radius 3 is 2.60 bits per heavy atom. The number of primary amides is 1. The van der Waals surface area contributed by atoms with Crippen molar-refractivity contribution in [2.75, 3.05) is 0 Å². The van der Waals surface area contributed by atoms with Crippen LogP contribution in [-0.4, -0.2) is 23.6 Å². The Kier molecular flexibility index (Phi) is 4.33. The van der Waals surface area contributed by atoms with E-state index in [0.29, 0.717) is 6.42 Å². The van der Waals surface area contributed by atoms with Gasteiger partial charge in [0, 0.05) is 12.5 Å². The average molecular weight is 276 g/mol. The second-order valence-corrected chi connectivity index (χ2v) is 6.04. The van der Waals surface area contributed by atoms with Gasteiger partial charge in [0.1, 0.15) is 17.4 Å². The van der Waals surface area contributed by atoms with Gasteiger partial charge in [-0.3, -0.25) is 4.79 Å². The molecule has 2 atom stereocenters. The van der Waals surface area contributed by atoms with Crippen LogP contribution >= 0.6 is 0 Å². The van der Waals surface area contributed by atoms with E-state index in [-0.39, 0.29) is 18.1 Å². The Hall–Kier alpha value is -1.55. The Labute approximate surface area is 120 Å². The molecule has 1 aromatic carbocycles. The minimum absolute atomic E-state index is 0.0384. The van der Waals surface area contributed by atoms with Crippen LogP contribution < -0.4 is 15.8 Å². The minimum Gasteiger partial charge on any atom is -0.490 e. The van der Waals surface area contributed by atoms with Crippen molar-refractivity contribution in [1.29, 1.82) is 0 Å². The number of hydrogen-bond acceptors (Lipinski definition) is 3. The van der Waals surface area contributed by atoms with Crippen LogP contribution in [0.2, 0.25) is 0 Å². The highest BCUT2D eigenvalue weighted by molar-refractivity contribution is 5.85. The van der Waals surface area contributed by atoms with Crippen LogP contribution in [-0.2, 0) is 4.79 Å². The van der Waals surface area contributed by atoms with Gasteiger partial charge in [-0.15, -0.1) is 0 Å². The quantitative estimate of drug-likeness (QED) is 0.866. The standard InChI is InChI=1S/C16H24N2O2/c1-11(2)18-16(15(17)19)9-8-14(10-16)20-13-6-4-12(3)5-7-13/h4-7,11,14,18H,8-10H2,1-3H3,(H2,17,19). The lowest BCUT2D eigenvalue weighted by Crippen LogP contribution is -2.56. The Morgan fingerprint density at radius 2 is 2.05 bits per heavy atom. The maximum absolute atomic E-state index is 11.8. The van der Waals surface area contributed by atoms with Crippen molar-refractivity contribution in [1.82, 2.24) is 5.32 Å². The molecule has 20 heavy (non-hydrogen) atoms. The highest BCUT2D eigenvalue weighted by atomic mass is 16.5. The van der Waals surface area contributed by atoms with Crippen LogP contribution in [0.4, 0.5) is 0 Å². The molecule has 1 aliphatic rings. The fourth-order valence-electron chi connectivity index (χ4n) is 2.89. The lowest BCUT2D eigenvalue weighted by Gasteiger charge is -2.29. The summed E-state index contributed by atoms with van der Waals surface area (Å²) in [6, 6.07) is 8.21. The monoisotopic (exact) mass is 276 g/mol. The zero-order valence-corrected chi connectivity index (χ0v) is 12.5. The summed E-state index contributed by atoms with van der Waals surface area (Å²) in [5.74, 6) is 0.576. The molecular weight excluding hydrogens is 252 g/mol. The zero-order chi connectivity index (χ0) is 14.8. The van der Waals surface area contributed by atoms with Crippen molar-refractivity contribution in [3.05, 3.63) is 29.8 Å². The van der Waals surface area contributed by atoms with E-state index in [9.17, 15) is 4.79 Å². The summed E-state index contributed by atoms with van der Waals surface area (Å²) in [5, 5.41) is 3.32. The van der Waals surface area contributed by atoms with Crippen LogP contribution in [0.15, 0.2) is 24.3 Å². The van der Waals surface area contributed by atoms with Gasteiger partial charge in [-0.05, 0) is 45.7 Å². The molecule has 2 unspecified atom stereocenters. The van der Waals surface area contributed by atoms with Crippen LogP contribution in [0, 0.1) is 6.92 Å². The molecule has 2 rings (SSSR count). The van der Waals surface area contributed by atoms with Gasteiger partial charge in [0.15, 0.2) is 0 Å². The van der Waals surface area contributed by atoms with E-state index in [4.69, 9.17) is 10.5 Å². The zero-order valence-electron chi connectivity index (χ0n) is 12.5. The number of carbonyl (C=O) groups excluding carboxylic acids is 1. The first-order valence-electron chi connectivity index (χ1n) is 7.22. The number of carbonyl (C=O) groups is 1. The Morgan fingerprint density at radius 1 is 1.40 bits per heavy atom. The Bertz CT molecular complexity index is 470. The number of aryl methyl sites for hydroxylation is 1. The molecule has 3 N–H and O–H groups in total. The normalized spacial score (nSPS) is 25.9. The predicted octanol–water partition coefficient (Wildman–Crippen LogP) is 2.15. The van der Waals surface area contributed by atoms with Crippen molar-refractivity contribution in [3.63, 3.8) is 0 Å². The van der Waals surface area contributed by atoms with Gasteiger partial charge in [-0.25, -0.2) is 0 Å². The second kappa shape index (κ2) is 5.83. The summed E-state index contributed by atoms with van der Waals surface area (Å²) in [7, 11) is 0. The van der Waals surface area contributed by atoms with Gasteiger partial charge >= 0.3 is 0 Å². The molecule has 0 radical (unpaired) electrons. The third-order valence-electron chi connectivity index (χ3n) is 3.83. The number of ether oxygens (including phenoxy) is 1. The molecule has 1 saturated carbocycles. The van der Waals surface area contributed by atoms with Crippen LogP contribution in [0.25, 0.3) is 0 Å². The molecule has 1 aromatic rings. The van der Waals surface area contributed by atoms with E-state index in [1.54, 1.807) is 0 Å². The molecule has 4 nitrogen and oxygen atoms in total. The van der Waals surface area contributed by atoms with Crippen LogP contribution in [0.5, 0.6) is 5.75 Å². The average Bonchev–Trinajstić information content (AvgIpc) is 2.76. The third-order valence-corrected chi connectivity index (χ3v) is 3.83. The van der Waals surface area contributed by atoms with Gasteiger partial charge in [0.05, 0.1) is 0 Å². The largest absolute Gasteiger partial charge is 0.490 e. The summed E-state index contributed by atoms with van der Waals surface area (Å²) < 4.78 is 5.97. The molecule has 0 aliphatic heterocycles. The van der Waals surface area contributed by atoms with Gasteiger partial charge in [-0.2, -0.15) is 0 Å². The Balaban J connectivity index is 2.03. The molecular formula is C16H24N2O2. The summed E-state index contributed by atoms with van der Waals surface area (Å²) in [4.78, 5) is 11.8. The highest BCUT2D eigenvalue weighted by Gasteiger charge is 2.45. The maximum atomic E-state index is 11.8. The van der Waals surface area contributed by atoms with Crippen molar-refractivity contribution in [3.8, 4) is 5.75 Å². The van der Waals surface area contributed by atoms with Crippen molar-refractivity contribution in [2.45, 2.75) is 57.7 Å². The first-order chi connectivity index (χ1) is 9.41. The third kappa shape index (κ3) is 3.31. The number of benzene rings is 1. The van der Waals surface area contributed by atoms with Crippen LogP contribution in [0.1, 0.15) is 38.7 Å². The predicted molar refractivity (Wildman–Crippen MR) is 79.6 cm³/mol. The molecule has 0 aromatic heterocycles. The lowest BCUT2D eigenvalue weighted by molar-refractivity contribution is -0.124. The smallest absolute Gasteiger partial charge is 0.237 e. The molecule has 0 heterocycles. The number of rotatable bonds is 5. The molecule has 1 fully saturated rings. The lowest BCUT2D eigenvalue weighted by atomic mass is 9.95. The fourth-order valence-corrected chi connectivity index (χ4v) is 2.89. The minimum atomic E-state index is -0.621. The second-order valence-electron chi connectivity index (χ2n) is 6.04. The van der Waals surface area contributed by atoms with Gasteiger partial charge in [-0.1, -0.05) is 17.7 Å². The van der Waals surface area contributed by atoms with Crippen molar-refractivity contribution in [2.24, 2.45) is 5.73 Å². The summed E-state index contributed by atoms with van der Waals surface area (Å²) in [6.07, 6.45) is 2.25. The van der Waals surface area contributed by atoms with Crippen molar-refractivity contribution >= 4 is 5.91 Å². The van der Waals surface area contributed by atoms with E-state index < -0.39 is 5.54 Å². The van der Waals surface area contributed by atoms with Crippen molar-refractivity contribution < 1.29 is 9.53 Å². The number of hydrogen-bond donors (Lipinski definition) is 2. The van der Waals surface area contributed by atoms with E-state index in [1.165, 1.54) is 5.56 Å². The highest BCUT2D eigenvalue weighted by Crippen LogP contribution is 2.33. The van der Waals surface area contributed by atoms with Crippen LogP contribution in [0.3, 0.4) is 0 Å². The molecule has 0 bridgehead atoms. The molecule has 0 saturated heterocycles. The molecule has 4 heteroatoms. The summed E-state index contributed by atoms with van der Waals surface area (Å²) in [6.45, 7) is 6.10. The van der Waals surface area contributed by atoms with E-state index in [2.05, 4.69) is 5.32 Å². The first-order valence-corrected chi connectivity index (χ1v) is 7.22. The number of nitrogens with one attached hydrogen (secondary N) is 1. The van der Waals surface area contributed by atoms with Gasteiger partial charge in [0.2, 0.25) is 5.91 Å². The number of nitrogens with two attached hydrogens (primary N) is 1. The van der Waals surface area contributed by atoms with E-state index in [0.717, 1.165) is 18.6 Å². The number of amides is 1. The maximum Gasteiger partial charge on any atom is 0.237 e.